The molecule has 1 aliphatic heterocycles. The minimum Gasteiger partial charge on any atom is -0.494 e. The highest BCUT2D eigenvalue weighted by molar-refractivity contribution is 6.42. The molecule has 0 aromatic heterocycles. The molecule has 34 heavy (non-hydrogen) atoms. The summed E-state index contributed by atoms with van der Waals surface area (Å²) in [5.41, 5.74) is 1.30. The Morgan fingerprint density at radius 2 is 1.85 bits per heavy atom. The summed E-state index contributed by atoms with van der Waals surface area (Å²) in [4.78, 5) is 20.8. The third kappa shape index (κ3) is 12.6. The fourth-order valence-corrected chi connectivity index (χ4v) is 3.86. The van der Waals surface area contributed by atoms with E-state index in [4.69, 9.17) is 52.5 Å². The fraction of sp³-hybridized carbons (Fsp3) is 0.600. The van der Waals surface area contributed by atoms with Crippen molar-refractivity contribution in [2.45, 2.75) is 59.0 Å². The molecule has 0 unspecified atom stereocenters. The summed E-state index contributed by atoms with van der Waals surface area (Å²) in [7, 11) is 0. The normalized spacial score (nSPS) is 17.9. The number of carboxylic acids is 2. The second-order valence-corrected chi connectivity index (χ2v) is 9.35. The third-order valence-corrected chi connectivity index (χ3v) is 6.23. The topological polar surface area (TPSA) is 96.3 Å². The van der Waals surface area contributed by atoms with Gasteiger partial charge in [0.1, 0.15) is 5.75 Å². The lowest BCUT2D eigenvalue weighted by Gasteiger charge is -2.38. The van der Waals surface area contributed by atoms with Crippen molar-refractivity contribution in [3.63, 3.8) is 0 Å². The predicted molar refractivity (Wildman–Crippen MR) is 135 cm³/mol. The highest BCUT2D eigenvalue weighted by Gasteiger charge is 2.29. The van der Waals surface area contributed by atoms with Gasteiger partial charge in [0.15, 0.2) is 0 Å². The lowest BCUT2D eigenvalue weighted by atomic mass is 9.90. The van der Waals surface area contributed by atoms with E-state index >= 15 is 0 Å². The van der Waals surface area contributed by atoms with E-state index < -0.39 is 11.9 Å². The Bertz CT molecular complexity index is 786. The Hall–Kier alpha value is -1.80. The highest BCUT2D eigenvalue weighted by Crippen LogP contribution is 2.28. The molecule has 1 heterocycles. The smallest absolute Gasteiger partial charge is 0.414 e. The van der Waals surface area contributed by atoms with E-state index in [0.717, 1.165) is 31.7 Å². The molecule has 1 saturated heterocycles. The van der Waals surface area contributed by atoms with Crippen molar-refractivity contribution in [1.29, 1.82) is 0 Å². The summed E-state index contributed by atoms with van der Waals surface area (Å²) in [5, 5.41) is 15.9. The van der Waals surface area contributed by atoms with Crippen molar-refractivity contribution in [2.24, 2.45) is 5.92 Å². The second kappa shape index (κ2) is 16.8. The molecule has 7 nitrogen and oxygen atoms in total. The first kappa shape index (κ1) is 30.2. The number of unbranched alkanes of at least 4 members (excludes halogenated alkanes) is 2. The minimum atomic E-state index is -1.82. The van der Waals surface area contributed by atoms with E-state index in [1.54, 1.807) is 12.1 Å². The molecular formula is C25H37Cl2NO6. The molecule has 1 aliphatic rings. The summed E-state index contributed by atoms with van der Waals surface area (Å²) >= 11 is 12.0. The molecular weight excluding hydrogens is 481 g/mol. The summed E-state index contributed by atoms with van der Waals surface area (Å²) < 4.78 is 12.2. The first-order valence-corrected chi connectivity index (χ1v) is 12.4. The molecule has 0 saturated carbocycles. The quantitative estimate of drug-likeness (QED) is 0.218. The van der Waals surface area contributed by atoms with E-state index in [2.05, 4.69) is 31.7 Å². The molecule has 0 bridgehead atoms. The Morgan fingerprint density at radius 1 is 1.15 bits per heavy atom. The van der Waals surface area contributed by atoms with Gasteiger partial charge in [-0.1, -0.05) is 54.6 Å². The Labute approximate surface area is 212 Å². The van der Waals surface area contributed by atoms with Crippen LogP contribution < -0.4 is 4.74 Å². The number of nitrogens with zero attached hydrogens (tertiary/aromatic N) is 1. The van der Waals surface area contributed by atoms with Crippen molar-refractivity contribution < 1.29 is 29.3 Å². The maximum atomic E-state index is 9.10. The Morgan fingerprint density at radius 3 is 2.44 bits per heavy atom. The maximum absolute atomic E-state index is 9.10. The molecule has 9 heteroatoms. The van der Waals surface area contributed by atoms with Crippen LogP contribution in [-0.4, -0.2) is 66.0 Å². The number of allylic oxidation sites excluding steroid dienone is 1. The molecule has 0 amide bonds. The number of benzene rings is 1. The Balaban J connectivity index is 0.000000852. The average molecular weight is 518 g/mol. The highest BCUT2D eigenvalue weighted by atomic mass is 35.5. The molecule has 2 atom stereocenters. The van der Waals surface area contributed by atoms with Gasteiger partial charge >= 0.3 is 11.9 Å². The summed E-state index contributed by atoms with van der Waals surface area (Å²) in [6.45, 7) is 11.2. The fourth-order valence-electron chi connectivity index (χ4n) is 3.57. The van der Waals surface area contributed by atoms with Gasteiger partial charge in [0, 0.05) is 12.6 Å². The molecule has 0 aliphatic carbocycles. The third-order valence-electron chi connectivity index (χ3n) is 5.49. The molecule has 0 spiro atoms. The van der Waals surface area contributed by atoms with E-state index in [1.807, 2.05) is 6.07 Å². The zero-order valence-corrected chi connectivity index (χ0v) is 21.8. The van der Waals surface area contributed by atoms with E-state index in [1.165, 1.54) is 31.4 Å². The number of ether oxygens (including phenoxy) is 2. The van der Waals surface area contributed by atoms with Crippen LogP contribution in [0.3, 0.4) is 0 Å². The van der Waals surface area contributed by atoms with Gasteiger partial charge < -0.3 is 24.6 Å². The molecule has 2 rings (SSSR count). The zero-order valence-electron chi connectivity index (χ0n) is 20.3. The van der Waals surface area contributed by atoms with Crippen LogP contribution in [0, 0.1) is 5.92 Å². The molecule has 1 aromatic carbocycles. The van der Waals surface area contributed by atoms with E-state index in [9.17, 15) is 0 Å². The van der Waals surface area contributed by atoms with Crippen LogP contribution in [0.15, 0.2) is 29.8 Å². The first-order chi connectivity index (χ1) is 16.1. The van der Waals surface area contributed by atoms with Crippen LogP contribution >= 0.6 is 23.2 Å². The van der Waals surface area contributed by atoms with Crippen molar-refractivity contribution >= 4 is 35.1 Å². The number of carboxylic acid groups (broad SMARTS) is 2. The number of aliphatic carboxylic acids is 2. The number of carbonyl (C=O) groups is 2. The number of piperidine rings is 1. The zero-order chi connectivity index (χ0) is 25.5. The maximum Gasteiger partial charge on any atom is 0.414 e. The first-order valence-electron chi connectivity index (χ1n) is 11.6. The monoisotopic (exact) mass is 517 g/mol. The van der Waals surface area contributed by atoms with Gasteiger partial charge in [-0.3, -0.25) is 0 Å². The van der Waals surface area contributed by atoms with Crippen molar-refractivity contribution in [3.05, 3.63) is 39.9 Å². The molecule has 1 fully saturated rings. The van der Waals surface area contributed by atoms with Crippen LogP contribution in [0.1, 0.15) is 52.9 Å². The van der Waals surface area contributed by atoms with Crippen LogP contribution in [0.4, 0.5) is 0 Å². The molecule has 1 aromatic rings. The van der Waals surface area contributed by atoms with Crippen molar-refractivity contribution in [1.82, 2.24) is 4.90 Å². The van der Waals surface area contributed by atoms with Gasteiger partial charge in [0.25, 0.3) is 0 Å². The lowest BCUT2D eigenvalue weighted by Crippen LogP contribution is -2.46. The van der Waals surface area contributed by atoms with Crippen molar-refractivity contribution in [2.75, 3.05) is 32.8 Å². The van der Waals surface area contributed by atoms with Gasteiger partial charge in [0.2, 0.25) is 0 Å². The van der Waals surface area contributed by atoms with Gasteiger partial charge in [-0.05, 0) is 64.3 Å². The van der Waals surface area contributed by atoms with Gasteiger partial charge in [-0.25, -0.2) is 9.59 Å². The molecule has 0 radical (unpaired) electrons. The van der Waals surface area contributed by atoms with Gasteiger partial charge in [0.05, 0.1) is 29.4 Å². The minimum absolute atomic E-state index is 0.267. The van der Waals surface area contributed by atoms with E-state index in [-0.39, 0.29) is 6.10 Å². The predicted octanol–water partition coefficient (Wildman–Crippen LogP) is 5.78. The number of rotatable bonds is 11. The number of hydrogen-bond acceptors (Lipinski definition) is 5. The molecule has 192 valence electrons. The molecule has 2 N–H and O–H groups in total. The Kier molecular flexibility index (Phi) is 14.9. The van der Waals surface area contributed by atoms with Crippen LogP contribution in [-0.2, 0) is 14.3 Å². The second-order valence-electron chi connectivity index (χ2n) is 8.53. The number of likely N-dealkylation sites (tertiary alicyclic amines) is 1. The summed E-state index contributed by atoms with van der Waals surface area (Å²) in [6.07, 6.45) is 8.44. The van der Waals surface area contributed by atoms with Gasteiger partial charge in [-0.15, -0.1) is 0 Å². The average Bonchev–Trinajstić information content (AvgIpc) is 2.78. The summed E-state index contributed by atoms with van der Waals surface area (Å²) in [5.74, 6) is -2.35. The number of halogens is 2. The van der Waals surface area contributed by atoms with Crippen LogP contribution in [0.25, 0.3) is 0 Å². The largest absolute Gasteiger partial charge is 0.494 e. The summed E-state index contributed by atoms with van der Waals surface area (Å²) in [6, 6.07) is 5.43. The van der Waals surface area contributed by atoms with Gasteiger partial charge in [-0.2, -0.15) is 0 Å². The van der Waals surface area contributed by atoms with Crippen LogP contribution in [0.2, 0.25) is 10.0 Å². The van der Waals surface area contributed by atoms with Crippen LogP contribution in [0.5, 0.6) is 5.75 Å². The SMILES string of the molecule is CCCCCN1CC[C@@H](CCOc2ccc(Cl)c(Cl)c2)[C@@H](OCC=C(C)C)C1.O=C(O)C(=O)O. The number of hydrogen-bond donors (Lipinski definition) is 2. The van der Waals surface area contributed by atoms with E-state index in [0.29, 0.717) is 29.2 Å². The standard InChI is InChI=1S/C23H35Cl2NO2.C2H2O4/c1-4-5-6-12-26-13-9-19(23(17-26)28-14-10-18(2)3)11-15-27-20-7-8-21(24)22(25)16-20;3-1(4)2(5)6/h7-8,10,16,19,23H,4-6,9,11-15,17H2,1-3H3;(H,3,4)(H,5,6)/t19-,23-;/m0./s1. The lowest BCUT2D eigenvalue weighted by molar-refractivity contribution is -0.159. The van der Waals surface area contributed by atoms with Crippen molar-refractivity contribution in [3.8, 4) is 5.75 Å².